The number of pyridine rings is 1. The molecule has 1 atom stereocenters. The Morgan fingerprint density at radius 3 is 2.50 bits per heavy atom. The number of fused-ring (bicyclic) bond motifs is 1. The number of amides is 1. The molecule has 0 spiro atoms. The normalized spacial score (nSPS) is 13.1. The third-order valence-corrected chi connectivity index (χ3v) is 6.07. The van der Waals surface area contributed by atoms with Crippen molar-refractivity contribution in [3.8, 4) is 0 Å². The van der Waals surface area contributed by atoms with Crippen molar-refractivity contribution in [2.45, 2.75) is 18.4 Å². The Kier molecular flexibility index (Phi) is 5.13. The third kappa shape index (κ3) is 4.11. The Labute approximate surface area is 175 Å². The zero-order valence-corrected chi connectivity index (χ0v) is 17.6. The first-order valence-electron chi connectivity index (χ1n) is 9.42. The van der Waals surface area contributed by atoms with E-state index < -0.39 is 9.52 Å². The SMILES string of the molecule is C=S(C)(=O)c1ccc(Cn2nc(C(=O)Nc3ccc(C)nc3)c3ccccc32)cc1. The molecule has 6 nitrogen and oxygen atoms in total. The summed E-state index contributed by atoms with van der Waals surface area (Å²) in [5.41, 5.74) is 3.72. The number of nitrogens with one attached hydrogen (secondary N) is 1. The Bertz CT molecular complexity index is 1320. The van der Waals surface area contributed by atoms with Gasteiger partial charge in [0.15, 0.2) is 5.69 Å². The first-order valence-corrected chi connectivity index (χ1v) is 11.6. The maximum Gasteiger partial charge on any atom is 0.276 e. The van der Waals surface area contributed by atoms with Gasteiger partial charge in [-0.15, -0.1) is 0 Å². The number of hydrogen-bond acceptors (Lipinski definition) is 4. The van der Waals surface area contributed by atoms with Crippen molar-refractivity contribution >= 4 is 37.9 Å². The molecule has 2 heterocycles. The second-order valence-electron chi connectivity index (χ2n) is 7.31. The lowest BCUT2D eigenvalue weighted by Gasteiger charge is -2.07. The van der Waals surface area contributed by atoms with Crippen LogP contribution in [0.5, 0.6) is 0 Å². The molecule has 152 valence electrons. The standard InChI is InChI=1S/C23H22N4O2S/c1-16-8-11-18(14-24-16)25-23(28)22-20-6-4-5-7-21(20)27(26-22)15-17-9-12-19(13-10-17)30(2,3)29/h4-14H,2,15H2,1,3H3,(H,25,28). The van der Waals surface area contributed by atoms with Crippen molar-refractivity contribution in [2.75, 3.05) is 11.6 Å². The highest BCUT2D eigenvalue weighted by Gasteiger charge is 2.17. The van der Waals surface area contributed by atoms with E-state index in [1.807, 2.05) is 67.6 Å². The van der Waals surface area contributed by atoms with E-state index in [2.05, 4.69) is 21.3 Å². The minimum atomic E-state index is -2.25. The summed E-state index contributed by atoms with van der Waals surface area (Å²) in [7, 11) is -2.25. The van der Waals surface area contributed by atoms with Gasteiger partial charge >= 0.3 is 0 Å². The van der Waals surface area contributed by atoms with Crippen LogP contribution in [0.1, 0.15) is 21.7 Å². The topological polar surface area (TPSA) is 76.9 Å². The average Bonchev–Trinajstić information content (AvgIpc) is 3.08. The first-order chi connectivity index (χ1) is 14.3. The van der Waals surface area contributed by atoms with Gasteiger partial charge in [0.25, 0.3) is 5.91 Å². The Hall–Kier alpha value is -3.45. The Morgan fingerprint density at radius 2 is 1.83 bits per heavy atom. The summed E-state index contributed by atoms with van der Waals surface area (Å²) >= 11 is 0. The van der Waals surface area contributed by atoms with Crippen LogP contribution in [0.25, 0.3) is 10.9 Å². The fraction of sp³-hybridized carbons (Fsp3) is 0.130. The molecule has 0 radical (unpaired) electrons. The van der Waals surface area contributed by atoms with Crippen LogP contribution in [-0.2, 0) is 16.1 Å². The van der Waals surface area contributed by atoms with E-state index in [9.17, 15) is 9.00 Å². The largest absolute Gasteiger partial charge is 0.319 e. The van der Waals surface area contributed by atoms with Crippen molar-refractivity contribution in [1.29, 1.82) is 0 Å². The number of carbonyl (C=O) groups is 1. The van der Waals surface area contributed by atoms with Crippen molar-refractivity contribution in [2.24, 2.45) is 0 Å². The molecule has 2 aromatic heterocycles. The Morgan fingerprint density at radius 1 is 1.10 bits per heavy atom. The molecule has 0 aliphatic carbocycles. The van der Waals surface area contributed by atoms with Crippen LogP contribution in [0.3, 0.4) is 0 Å². The number of hydrogen-bond donors (Lipinski definition) is 1. The number of aryl methyl sites for hydroxylation is 1. The summed E-state index contributed by atoms with van der Waals surface area (Å²) in [6.07, 6.45) is 3.25. The van der Waals surface area contributed by atoms with Gasteiger partial charge in [0.05, 0.1) is 23.9 Å². The van der Waals surface area contributed by atoms with Crippen molar-refractivity contribution < 1.29 is 9.00 Å². The number of carbonyl (C=O) groups excluding carboxylic acids is 1. The van der Waals surface area contributed by atoms with Gasteiger partial charge in [-0.3, -0.25) is 18.7 Å². The van der Waals surface area contributed by atoms with Gasteiger partial charge < -0.3 is 5.32 Å². The molecule has 2 aromatic carbocycles. The number of nitrogens with zero attached hydrogens (tertiary/aromatic N) is 3. The molecule has 4 aromatic rings. The number of benzene rings is 2. The molecule has 0 saturated carbocycles. The molecular weight excluding hydrogens is 396 g/mol. The predicted octanol–water partition coefficient (Wildman–Crippen LogP) is 3.75. The summed E-state index contributed by atoms with van der Waals surface area (Å²) in [5.74, 6) is 3.43. The second-order valence-corrected chi connectivity index (χ2v) is 9.80. The van der Waals surface area contributed by atoms with Crippen LogP contribution < -0.4 is 5.32 Å². The van der Waals surface area contributed by atoms with Gasteiger partial charge in [0.1, 0.15) is 0 Å². The molecule has 0 bridgehead atoms. The molecule has 1 amide bonds. The lowest BCUT2D eigenvalue weighted by molar-refractivity contribution is 0.102. The number of rotatable bonds is 5. The zero-order valence-electron chi connectivity index (χ0n) is 16.8. The second kappa shape index (κ2) is 7.76. The van der Waals surface area contributed by atoms with Crippen LogP contribution in [0.2, 0.25) is 0 Å². The molecule has 0 aliphatic heterocycles. The van der Waals surface area contributed by atoms with E-state index in [0.29, 0.717) is 22.8 Å². The molecule has 1 unspecified atom stereocenters. The maximum absolute atomic E-state index is 12.9. The van der Waals surface area contributed by atoms with E-state index in [0.717, 1.165) is 22.2 Å². The quantitative estimate of drug-likeness (QED) is 0.501. The molecular formula is C23H22N4O2S. The zero-order chi connectivity index (χ0) is 21.3. The number of aromatic nitrogens is 3. The fourth-order valence-corrected chi connectivity index (χ4v) is 3.92. The van der Waals surface area contributed by atoms with Gasteiger partial charge in [0, 0.05) is 22.2 Å². The van der Waals surface area contributed by atoms with Gasteiger partial charge in [-0.05, 0) is 58.2 Å². The average molecular weight is 419 g/mol. The molecule has 0 saturated heterocycles. The molecule has 1 N–H and O–H groups in total. The lowest BCUT2D eigenvalue weighted by Crippen LogP contribution is -2.14. The highest BCUT2D eigenvalue weighted by molar-refractivity contribution is 7.99. The molecule has 0 aliphatic rings. The summed E-state index contributed by atoms with van der Waals surface area (Å²) in [6.45, 7) is 2.38. The third-order valence-electron chi connectivity index (χ3n) is 4.80. The van der Waals surface area contributed by atoms with Crippen molar-refractivity contribution in [3.05, 3.63) is 83.8 Å². The first kappa shape index (κ1) is 19.8. The van der Waals surface area contributed by atoms with E-state index >= 15 is 0 Å². The maximum atomic E-state index is 12.9. The number of anilines is 1. The van der Waals surface area contributed by atoms with Crippen LogP contribution >= 0.6 is 0 Å². The number of para-hydroxylation sites is 1. The molecule has 7 heteroatoms. The summed E-state index contributed by atoms with van der Waals surface area (Å²) in [4.78, 5) is 17.8. The minimum Gasteiger partial charge on any atom is -0.319 e. The van der Waals surface area contributed by atoms with E-state index in [1.54, 1.807) is 17.1 Å². The monoisotopic (exact) mass is 418 g/mol. The minimum absolute atomic E-state index is 0.284. The molecule has 30 heavy (non-hydrogen) atoms. The van der Waals surface area contributed by atoms with Gasteiger partial charge in [0.2, 0.25) is 0 Å². The van der Waals surface area contributed by atoms with Crippen LogP contribution in [-0.4, -0.2) is 37.0 Å². The summed E-state index contributed by atoms with van der Waals surface area (Å²) in [6, 6.07) is 18.8. The van der Waals surface area contributed by atoms with Crippen molar-refractivity contribution in [1.82, 2.24) is 14.8 Å². The van der Waals surface area contributed by atoms with Gasteiger partial charge in [-0.2, -0.15) is 5.10 Å². The van der Waals surface area contributed by atoms with Crippen LogP contribution in [0, 0.1) is 6.92 Å². The van der Waals surface area contributed by atoms with Gasteiger partial charge in [-0.1, -0.05) is 30.3 Å². The fourth-order valence-electron chi connectivity index (χ4n) is 3.20. The highest BCUT2D eigenvalue weighted by atomic mass is 32.2. The van der Waals surface area contributed by atoms with Gasteiger partial charge in [-0.25, -0.2) is 0 Å². The van der Waals surface area contributed by atoms with E-state index in [-0.39, 0.29) is 5.91 Å². The van der Waals surface area contributed by atoms with E-state index in [4.69, 9.17) is 0 Å². The molecule has 0 fully saturated rings. The van der Waals surface area contributed by atoms with Crippen molar-refractivity contribution in [3.63, 3.8) is 0 Å². The Balaban J connectivity index is 1.65. The van der Waals surface area contributed by atoms with Crippen LogP contribution in [0.15, 0.2) is 71.8 Å². The van der Waals surface area contributed by atoms with Crippen LogP contribution in [0.4, 0.5) is 5.69 Å². The highest BCUT2D eigenvalue weighted by Crippen LogP contribution is 2.21. The molecule has 4 rings (SSSR count). The van der Waals surface area contributed by atoms with E-state index in [1.165, 1.54) is 0 Å². The predicted molar refractivity (Wildman–Crippen MR) is 122 cm³/mol. The smallest absolute Gasteiger partial charge is 0.276 e. The lowest BCUT2D eigenvalue weighted by atomic mass is 10.2. The summed E-state index contributed by atoms with van der Waals surface area (Å²) in [5, 5.41) is 8.23. The summed E-state index contributed by atoms with van der Waals surface area (Å²) < 4.78 is 13.9.